The molecule has 1 aliphatic carbocycles. The van der Waals surface area contributed by atoms with Crippen LogP contribution in [0.1, 0.15) is 55.2 Å². The summed E-state index contributed by atoms with van der Waals surface area (Å²) < 4.78 is 0. The van der Waals surface area contributed by atoms with Crippen molar-refractivity contribution in [2.45, 2.75) is 57.0 Å². The normalized spacial score (nSPS) is 21.1. The van der Waals surface area contributed by atoms with Gasteiger partial charge >= 0.3 is 0 Å². The SMILES string of the molecule is CNC1(CCN2CCc3ccc(C#N)cc3C2)CCCCC1. The van der Waals surface area contributed by atoms with Crippen LogP contribution in [-0.4, -0.2) is 30.6 Å². The number of hydrogen-bond acceptors (Lipinski definition) is 3. The molecule has 1 aromatic carbocycles. The van der Waals surface area contributed by atoms with Crippen molar-refractivity contribution in [2.75, 3.05) is 20.1 Å². The minimum atomic E-state index is 0.368. The number of rotatable bonds is 4. The molecule has 2 aliphatic rings. The van der Waals surface area contributed by atoms with Crippen molar-refractivity contribution in [1.29, 1.82) is 5.26 Å². The summed E-state index contributed by atoms with van der Waals surface area (Å²) in [6.07, 6.45) is 9.16. The Morgan fingerprint density at radius 3 is 2.77 bits per heavy atom. The third-order valence-electron chi connectivity index (χ3n) is 5.67. The van der Waals surface area contributed by atoms with Crippen LogP contribution in [-0.2, 0) is 13.0 Å². The van der Waals surface area contributed by atoms with Gasteiger partial charge in [0.2, 0.25) is 0 Å². The minimum Gasteiger partial charge on any atom is -0.314 e. The van der Waals surface area contributed by atoms with Crippen molar-refractivity contribution >= 4 is 0 Å². The molecule has 0 radical (unpaired) electrons. The predicted octanol–water partition coefficient (Wildman–Crippen LogP) is 3.23. The van der Waals surface area contributed by atoms with Gasteiger partial charge in [-0.25, -0.2) is 0 Å². The van der Waals surface area contributed by atoms with Crippen LogP contribution in [0.4, 0.5) is 0 Å². The molecule has 0 saturated heterocycles. The van der Waals surface area contributed by atoms with Gasteiger partial charge in [-0.2, -0.15) is 5.26 Å². The number of hydrogen-bond donors (Lipinski definition) is 1. The fraction of sp³-hybridized carbons (Fsp3) is 0.632. The van der Waals surface area contributed by atoms with Crippen LogP contribution in [0.15, 0.2) is 18.2 Å². The lowest BCUT2D eigenvalue weighted by molar-refractivity contribution is 0.174. The molecule has 1 fully saturated rings. The molecule has 1 N–H and O–H groups in total. The second kappa shape index (κ2) is 6.81. The van der Waals surface area contributed by atoms with Gasteiger partial charge in [-0.1, -0.05) is 25.3 Å². The number of fused-ring (bicyclic) bond motifs is 1. The van der Waals surface area contributed by atoms with Gasteiger partial charge in [0.25, 0.3) is 0 Å². The van der Waals surface area contributed by atoms with E-state index in [9.17, 15) is 0 Å². The van der Waals surface area contributed by atoms with Gasteiger partial charge in [-0.15, -0.1) is 0 Å². The smallest absolute Gasteiger partial charge is 0.0991 e. The molecular formula is C19H27N3. The highest BCUT2D eigenvalue weighted by Crippen LogP contribution is 2.31. The van der Waals surface area contributed by atoms with Gasteiger partial charge < -0.3 is 5.32 Å². The first-order valence-corrected chi connectivity index (χ1v) is 8.68. The number of nitrogens with one attached hydrogen (secondary N) is 1. The van der Waals surface area contributed by atoms with Crippen LogP contribution in [0.3, 0.4) is 0 Å². The Morgan fingerprint density at radius 1 is 1.23 bits per heavy atom. The molecule has 1 aliphatic heterocycles. The average Bonchev–Trinajstić information content (AvgIpc) is 2.60. The van der Waals surface area contributed by atoms with Crippen molar-refractivity contribution < 1.29 is 0 Å². The zero-order chi connectivity index (χ0) is 15.4. The van der Waals surface area contributed by atoms with Gasteiger partial charge in [0.05, 0.1) is 11.6 Å². The van der Waals surface area contributed by atoms with Crippen LogP contribution in [0.5, 0.6) is 0 Å². The van der Waals surface area contributed by atoms with Crippen molar-refractivity contribution in [2.24, 2.45) is 0 Å². The molecule has 1 aromatic rings. The molecule has 22 heavy (non-hydrogen) atoms. The van der Waals surface area contributed by atoms with Crippen molar-refractivity contribution in [3.05, 3.63) is 34.9 Å². The molecule has 3 heteroatoms. The van der Waals surface area contributed by atoms with Crippen LogP contribution >= 0.6 is 0 Å². The Kier molecular flexibility index (Phi) is 4.81. The first kappa shape index (κ1) is 15.5. The van der Waals surface area contributed by atoms with Crippen molar-refractivity contribution in [1.82, 2.24) is 10.2 Å². The zero-order valence-corrected chi connectivity index (χ0v) is 13.7. The lowest BCUT2D eigenvalue weighted by Gasteiger charge is -2.39. The number of nitrogens with zero attached hydrogens (tertiary/aromatic N) is 2. The summed E-state index contributed by atoms with van der Waals surface area (Å²) in [5.41, 5.74) is 3.94. The molecule has 1 saturated carbocycles. The summed E-state index contributed by atoms with van der Waals surface area (Å²) in [6.45, 7) is 3.32. The zero-order valence-electron chi connectivity index (χ0n) is 13.7. The maximum absolute atomic E-state index is 9.07. The Bertz CT molecular complexity index is 552. The van der Waals surface area contributed by atoms with Crippen LogP contribution in [0.25, 0.3) is 0 Å². The second-order valence-electron chi connectivity index (χ2n) is 6.96. The van der Waals surface area contributed by atoms with E-state index in [1.54, 1.807) is 0 Å². The third kappa shape index (κ3) is 3.34. The molecular weight excluding hydrogens is 270 g/mol. The molecule has 0 unspecified atom stereocenters. The molecule has 118 valence electrons. The maximum Gasteiger partial charge on any atom is 0.0991 e. The number of benzene rings is 1. The molecule has 0 aromatic heterocycles. The van der Waals surface area contributed by atoms with E-state index in [-0.39, 0.29) is 0 Å². The summed E-state index contributed by atoms with van der Waals surface area (Å²) in [6, 6.07) is 8.43. The summed E-state index contributed by atoms with van der Waals surface area (Å²) in [5.74, 6) is 0. The number of nitriles is 1. The quantitative estimate of drug-likeness (QED) is 0.927. The Labute approximate surface area is 134 Å². The summed E-state index contributed by atoms with van der Waals surface area (Å²) in [4.78, 5) is 2.57. The van der Waals surface area contributed by atoms with Gasteiger partial charge in [-0.3, -0.25) is 4.90 Å². The summed E-state index contributed by atoms with van der Waals surface area (Å²) in [7, 11) is 2.13. The fourth-order valence-electron chi connectivity index (χ4n) is 4.10. The highest BCUT2D eigenvalue weighted by Gasteiger charge is 2.30. The van der Waals surface area contributed by atoms with E-state index in [4.69, 9.17) is 5.26 Å². The largest absolute Gasteiger partial charge is 0.314 e. The van der Waals surface area contributed by atoms with E-state index in [0.717, 1.165) is 31.6 Å². The topological polar surface area (TPSA) is 39.1 Å². The van der Waals surface area contributed by atoms with Crippen LogP contribution < -0.4 is 5.32 Å². The van der Waals surface area contributed by atoms with Crippen LogP contribution in [0.2, 0.25) is 0 Å². The summed E-state index contributed by atoms with van der Waals surface area (Å²) >= 11 is 0. The Hall–Kier alpha value is -1.37. The lowest BCUT2D eigenvalue weighted by Crippen LogP contribution is -2.47. The monoisotopic (exact) mass is 297 g/mol. The standard InChI is InChI=1S/C19H27N3/c1-21-19(8-3-2-4-9-19)10-12-22-11-7-17-6-5-16(14-20)13-18(17)15-22/h5-6,13,21H,2-4,7-12,15H2,1H3. The van der Waals surface area contributed by atoms with E-state index < -0.39 is 0 Å². The van der Waals surface area contributed by atoms with Gasteiger partial charge in [0.15, 0.2) is 0 Å². The van der Waals surface area contributed by atoms with Gasteiger partial charge in [-0.05, 0) is 56.0 Å². The first-order chi connectivity index (χ1) is 10.7. The lowest BCUT2D eigenvalue weighted by atomic mass is 9.79. The van der Waals surface area contributed by atoms with E-state index in [1.807, 2.05) is 6.07 Å². The van der Waals surface area contributed by atoms with E-state index in [1.165, 1.54) is 49.7 Å². The molecule has 0 atom stereocenters. The van der Waals surface area contributed by atoms with Gasteiger partial charge in [0, 0.05) is 25.2 Å². The second-order valence-corrected chi connectivity index (χ2v) is 6.96. The maximum atomic E-state index is 9.07. The Balaban J connectivity index is 1.61. The Morgan fingerprint density at radius 2 is 2.05 bits per heavy atom. The molecule has 3 rings (SSSR count). The van der Waals surface area contributed by atoms with Crippen molar-refractivity contribution in [3.63, 3.8) is 0 Å². The molecule has 1 heterocycles. The fourth-order valence-corrected chi connectivity index (χ4v) is 4.10. The van der Waals surface area contributed by atoms with Crippen LogP contribution in [0, 0.1) is 11.3 Å². The molecule has 0 bridgehead atoms. The third-order valence-corrected chi connectivity index (χ3v) is 5.67. The molecule has 0 amide bonds. The van der Waals surface area contributed by atoms with E-state index in [2.05, 4.69) is 35.5 Å². The first-order valence-electron chi connectivity index (χ1n) is 8.68. The predicted molar refractivity (Wildman–Crippen MR) is 89.6 cm³/mol. The van der Waals surface area contributed by atoms with Crippen molar-refractivity contribution in [3.8, 4) is 6.07 Å². The molecule has 0 spiro atoms. The average molecular weight is 297 g/mol. The summed E-state index contributed by atoms with van der Waals surface area (Å²) in [5, 5.41) is 12.7. The highest BCUT2D eigenvalue weighted by molar-refractivity contribution is 5.39. The highest BCUT2D eigenvalue weighted by atomic mass is 15.1. The van der Waals surface area contributed by atoms with E-state index in [0.29, 0.717) is 5.54 Å². The van der Waals surface area contributed by atoms with E-state index >= 15 is 0 Å². The van der Waals surface area contributed by atoms with Gasteiger partial charge in [0.1, 0.15) is 0 Å². The molecule has 3 nitrogen and oxygen atoms in total. The minimum absolute atomic E-state index is 0.368.